The average Bonchev–Trinajstić information content (AvgIpc) is 2.88. The molecule has 12 heteroatoms. The van der Waals surface area contributed by atoms with E-state index in [0.29, 0.717) is 35.7 Å². The first-order chi connectivity index (χ1) is 17.4. The van der Waals surface area contributed by atoms with Crippen LogP contribution < -0.4 is 31.3 Å². The van der Waals surface area contributed by atoms with Gasteiger partial charge in [-0.15, -0.1) is 0 Å². The highest BCUT2D eigenvalue weighted by molar-refractivity contribution is 7.90. The van der Waals surface area contributed by atoms with Gasteiger partial charge in [0.25, 0.3) is 0 Å². The first-order valence-corrected chi connectivity index (χ1v) is 13.6. The van der Waals surface area contributed by atoms with Crippen molar-refractivity contribution in [3.8, 4) is 5.75 Å². The van der Waals surface area contributed by atoms with Crippen LogP contribution in [0.5, 0.6) is 5.75 Å². The van der Waals surface area contributed by atoms with Crippen molar-refractivity contribution >= 4 is 38.8 Å². The Morgan fingerprint density at radius 3 is 2.42 bits per heavy atom. The summed E-state index contributed by atoms with van der Waals surface area (Å²) in [6.07, 6.45) is 4.63. The molecule has 0 radical (unpaired) electrons. The van der Waals surface area contributed by atoms with Gasteiger partial charge in [0.1, 0.15) is 12.1 Å². The SMILES string of the molecule is COc1cc(N2CCC(NCCN)CC2)ccc1Nc1ncnc(Nc2ccccc2S(C)(=O)=O)n1. The maximum absolute atomic E-state index is 12.1. The zero-order chi connectivity index (χ0) is 25.5. The molecular weight excluding hydrogens is 480 g/mol. The van der Waals surface area contributed by atoms with Gasteiger partial charge < -0.3 is 31.3 Å². The summed E-state index contributed by atoms with van der Waals surface area (Å²) in [4.78, 5) is 15.2. The Hall–Kier alpha value is -3.48. The lowest BCUT2D eigenvalue weighted by molar-refractivity contribution is 0.412. The van der Waals surface area contributed by atoms with Crippen molar-refractivity contribution in [2.24, 2.45) is 5.73 Å². The van der Waals surface area contributed by atoms with Gasteiger partial charge in [-0.2, -0.15) is 4.98 Å². The van der Waals surface area contributed by atoms with Crippen LogP contribution in [-0.2, 0) is 9.84 Å². The zero-order valence-corrected chi connectivity index (χ0v) is 21.3. The van der Waals surface area contributed by atoms with Crippen LogP contribution in [0.15, 0.2) is 53.7 Å². The molecule has 1 saturated heterocycles. The Balaban J connectivity index is 1.46. The topological polar surface area (TPSA) is 147 Å². The molecule has 4 rings (SSSR count). The van der Waals surface area contributed by atoms with Crippen LogP contribution in [0.2, 0.25) is 0 Å². The smallest absolute Gasteiger partial charge is 0.232 e. The lowest BCUT2D eigenvalue weighted by Gasteiger charge is -2.34. The number of para-hydroxylation sites is 1. The highest BCUT2D eigenvalue weighted by atomic mass is 32.2. The summed E-state index contributed by atoms with van der Waals surface area (Å²) < 4.78 is 29.8. The molecule has 11 nitrogen and oxygen atoms in total. The maximum atomic E-state index is 12.1. The molecule has 0 unspecified atom stereocenters. The van der Waals surface area contributed by atoms with Crippen LogP contribution >= 0.6 is 0 Å². The van der Waals surface area contributed by atoms with Crippen molar-refractivity contribution in [2.45, 2.75) is 23.8 Å². The second-order valence-electron chi connectivity index (χ2n) is 8.54. The van der Waals surface area contributed by atoms with Crippen molar-refractivity contribution in [1.29, 1.82) is 0 Å². The molecule has 5 N–H and O–H groups in total. The third kappa shape index (κ3) is 6.39. The molecule has 0 atom stereocenters. The van der Waals surface area contributed by atoms with Gasteiger partial charge in [-0.05, 0) is 37.1 Å². The average molecular weight is 513 g/mol. The van der Waals surface area contributed by atoms with E-state index in [0.717, 1.165) is 44.4 Å². The standard InChI is InChI=1S/C24H32N8O3S/c1-35-21-15-18(32-13-9-17(10-14-32)26-12-11-25)7-8-19(21)29-23-27-16-28-24(31-23)30-20-5-3-4-6-22(20)36(2,33)34/h3-8,15-17,26H,9-14,25H2,1-2H3,(H2,27,28,29,30,31). The number of aromatic nitrogens is 3. The molecule has 1 aliphatic rings. The number of benzene rings is 2. The third-order valence-corrected chi connectivity index (χ3v) is 7.13. The van der Waals surface area contributed by atoms with Crippen LogP contribution in [0.25, 0.3) is 0 Å². The Bertz CT molecular complexity index is 1280. The second-order valence-corrected chi connectivity index (χ2v) is 10.5. The molecule has 0 saturated carbocycles. The summed E-state index contributed by atoms with van der Waals surface area (Å²) in [6.45, 7) is 3.40. The summed E-state index contributed by atoms with van der Waals surface area (Å²) in [5.41, 5.74) is 7.78. The molecule has 1 fully saturated rings. The Morgan fingerprint density at radius 1 is 1.06 bits per heavy atom. The van der Waals surface area contributed by atoms with E-state index in [1.54, 1.807) is 25.3 Å². The van der Waals surface area contributed by atoms with Crippen molar-refractivity contribution < 1.29 is 13.2 Å². The fourth-order valence-electron chi connectivity index (χ4n) is 4.16. The Labute approximate surface area is 211 Å². The number of methoxy groups -OCH3 is 1. The van der Waals surface area contributed by atoms with E-state index in [-0.39, 0.29) is 10.8 Å². The molecule has 36 heavy (non-hydrogen) atoms. The van der Waals surface area contributed by atoms with Gasteiger partial charge in [-0.1, -0.05) is 12.1 Å². The van der Waals surface area contributed by atoms with Crippen LogP contribution in [-0.4, -0.2) is 69.0 Å². The highest BCUT2D eigenvalue weighted by Gasteiger charge is 2.20. The Kier molecular flexibility index (Phi) is 8.18. The van der Waals surface area contributed by atoms with Crippen molar-refractivity contribution in [3.05, 3.63) is 48.8 Å². The van der Waals surface area contributed by atoms with Crippen LogP contribution in [0, 0.1) is 0 Å². The fraction of sp³-hybridized carbons (Fsp3) is 0.375. The second kappa shape index (κ2) is 11.5. The molecule has 0 bridgehead atoms. The molecule has 1 aromatic heterocycles. The van der Waals surface area contributed by atoms with Gasteiger partial charge in [0.2, 0.25) is 11.9 Å². The number of rotatable bonds is 10. The fourth-order valence-corrected chi connectivity index (χ4v) is 5.00. The molecule has 1 aliphatic heterocycles. The quantitative estimate of drug-likeness (QED) is 0.317. The van der Waals surface area contributed by atoms with Crippen molar-refractivity contribution in [1.82, 2.24) is 20.3 Å². The largest absolute Gasteiger partial charge is 0.494 e. The zero-order valence-electron chi connectivity index (χ0n) is 20.4. The molecule has 0 amide bonds. The summed E-state index contributed by atoms with van der Waals surface area (Å²) in [7, 11) is -1.80. The summed E-state index contributed by atoms with van der Waals surface area (Å²) in [5, 5.41) is 9.63. The number of nitrogens with one attached hydrogen (secondary N) is 3. The summed E-state index contributed by atoms with van der Waals surface area (Å²) in [6, 6.07) is 13.1. The van der Waals surface area contributed by atoms with Gasteiger partial charge in [0.15, 0.2) is 9.84 Å². The first kappa shape index (κ1) is 25.6. The number of piperidine rings is 1. The number of ether oxygens (including phenoxy) is 1. The molecule has 3 aromatic rings. The minimum absolute atomic E-state index is 0.163. The van der Waals surface area contributed by atoms with Crippen LogP contribution in [0.3, 0.4) is 0 Å². The number of hydrogen-bond acceptors (Lipinski definition) is 11. The monoisotopic (exact) mass is 512 g/mol. The highest BCUT2D eigenvalue weighted by Crippen LogP contribution is 2.32. The van der Waals surface area contributed by atoms with E-state index in [1.807, 2.05) is 18.2 Å². The van der Waals surface area contributed by atoms with E-state index in [9.17, 15) is 8.42 Å². The lowest BCUT2D eigenvalue weighted by Crippen LogP contribution is -2.43. The molecule has 2 aromatic carbocycles. The maximum Gasteiger partial charge on any atom is 0.232 e. The van der Waals surface area contributed by atoms with E-state index < -0.39 is 9.84 Å². The minimum Gasteiger partial charge on any atom is -0.494 e. The molecular formula is C24H32N8O3S. The molecule has 2 heterocycles. The minimum atomic E-state index is -3.42. The lowest BCUT2D eigenvalue weighted by atomic mass is 10.0. The third-order valence-electron chi connectivity index (χ3n) is 5.97. The number of hydrogen-bond donors (Lipinski definition) is 4. The molecule has 192 valence electrons. The van der Waals surface area contributed by atoms with Gasteiger partial charge in [0, 0.05) is 50.2 Å². The number of sulfone groups is 1. The molecule has 0 spiro atoms. The van der Waals surface area contributed by atoms with Gasteiger partial charge in [0.05, 0.1) is 23.4 Å². The normalized spacial score (nSPS) is 14.5. The first-order valence-electron chi connectivity index (χ1n) is 11.8. The number of anilines is 5. The predicted octanol–water partition coefficient (Wildman–Crippen LogP) is 2.29. The van der Waals surface area contributed by atoms with E-state index >= 15 is 0 Å². The van der Waals surface area contributed by atoms with E-state index in [4.69, 9.17) is 10.5 Å². The van der Waals surface area contributed by atoms with Gasteiger partial charge >= 0.3 is 0 Å². The molecule has 0 aliphatic carbocycles. The predicted molar refractivity (Wildman–Crippen MR) is 141 cm³/mol. The number of nitrogens with two attached hydrogens (primary N) is 1. The van der Waals surface area contributed by atoms with Crippen LogP contribution in [0.4, 0.5) is 29.0 Å². The van der Waals surface area contributed by atoms with Crippen LogP contribution in [0.1, 0.15) is 12.8 Å². The van der Waals surface area contributed by atoms with Gasteiger partial charge in [-0.3, -0.25) is 0 Å². The number of nitrogens with zero attached hydrogens (tertiary/aromatic N) is 4. The van der Waals surface area contributed by atoms with Crippen molar-refractivity contribution in [2.75, 3.05) is 55.1 Å². The summed E-state index contributed by atoms with van der Waals surface area (Å²) >= 11 is 0. The Morgan fingerprint density at radius 2 is 1.75 bits per heavy atom. The van der Waals surface area contributed by atoms with Gasteiger partial charge in [-0.25, -0.2) is 18.4 Å². The van der Waals surface area contributed by atoms with E-state index in [1.165, 1.54) is 12.4 Å². The van der Waals surface area contributed by atoms with E-state index in [2.05, 4.69) is 35.8 Å². The van der Waals surface area contributed by atoms with Crippen molar-refractivity contribution in [3.63, 3.8) is 0 Å². The summed E-state index contributed by atoms with van der Waals surface area (Å²) in [5.74, 6) is 1.17.